The summed E-state index contributed by atoms with van der Waals surface area (Å²) in [7, 11) is 0. The quantitative estimate of drug-likeness (QED) is 0.385. The molecule has 0 fully saturated rings. The summed E-state index contributed by atoms with van der Waals surface area (Å²) in [6.45, 7) is 15.4. The van der Waals surface area contributed by atoms with E-state index in [4.69, 9.17) is 13.1 Å². The van der Waals surface area contributed by atoms with E-state index in [1.54, 1.807) is 12.1 Å². The Morgan fingerprint density at radius 1 is 1.38 bits per heavy atom. The van der Waals surface area contributed by atoms with Crippen molar-refractivity contribution in [3.8, 4) is 0 Å². The second-order valence-electron chi connectivity index (χ2n) is 4.46. The van der Waals surface area contributed by atoms with Crippen molar-refractivity contribution in [3.63, 3.8) is 0 Å². The summed E-state index contributed by atoms with van der Waals surface area (Å²) in [6.07, 6.45) is 0.419. The van der Waals surface area contributed by atoms with Crippen molar-refractivity contribution in [2.24, 2.45) is 16.1 Å². The fourth-order valence-corrected chi connectivity index (χ4v) is 1.91. The average Bonchev–Trinajstić information content (AvgIpc) is 2.49. The molecular weight excluding hydrogens is 268 g/mol. The first-order valence-electron chi connectivity index (χ1n) is 6.19. The zero-order valence-electron chi connectivity index (χ0n) is 11.3. The standard InChI is InChI=1S/C14H12N6O/c1-9-8-12(21)18-19-13(9)10-4-6-11(7-5-10)17-20-14(15-2)16-3/h4-7,9,17H,8H2,1H3,(H,18,21). The van der Waals surface area contributed by atoms with Crippen LogP contribution in [0.25, 0.3) is 9.69 Å². The van der Waals surface area contributed by atoms with Crippen molar-refractivity contribution < 1.29 is 4.79 Å². The first-order chi connectivity index (χ1) is 10.1. The van der Waals surface area contributed by atoms with Crippen molar-refractivity contribution in [1.82, 2.24) is 5.43 Å². The van der Waals surface area contributed by atoms with Crippen molar-refractivity contribution >= 4 is 23.3 Å². The van der Waals surface area contributed by atoms with Gasteiger partial charge in [-0.25, -0.2) is 15.1 Å². The Morgan fingerprint density at radius 3 is 2.62 bits per heavy atom. The SMILES string of the molecule is [C-]#[N+]C(=NNc1ccc(C2=NNC(=O)CC2C)cc1)[N+]#[C-]. The van der Waals surface area contributed by atoms with Gasteiger partial charge in [-0.15, -0.1) is 0 Å². The maximum absolute atomic E-state index is 11.2. The first-order valence-corrected chi connectivity index (χ1v) is 6.19. The molecule has 0 saturated carbocycles. The predicted molar refractivity (Wildman–Crippen MR) is 79.2 cm³/mol. The van der Waals surface area contributed by atoms with Gasteiger partial charge in [-0.05, 0) is 30.8 Å². The Kier molecular flexibility index (Phi) is 4.27. The van der Waals surface area contributed by atoms with E-state index < -0.39 is 0 Å². The molecule has 1 amide bonds. The number of benzene rings is 1. The normalized spacial score (nSPS) is 16.8. The van der Waals surface area contributed by atoms with Crippen LogP contribution in [0.4, 0.5) is 5.69 Å². The molecule has 2 rings (SSSR count). The number of hydrazone groups is 2. The fraction of sp³-hybridized carbons (Fsp3) is 0.214. The Labute approximate surface area is 122 Å². The summed E-state index contributed by atoms with van der Waals surface area (Å²) in [4.78, 5) is 17.1. The molecule has 0 radical (unpaired) electrons. The number of guanidine groups is 1. The summed E-state index contributed by atoms with van der Waals surface area (Å²) in [5, 5.41) is 7.75. The third-order valence-corrected chi connectivity index (χ3v) is 2.93. The molecule has 0 spiro atoms. The largest absolute Gasteiger partial charge is 0.657 e. The number of nitrogens with zero attached hydrogens (tertiary/aromatic N) is 4. The van der Waals surface area contributed by atoms with Gasteiger partial charge >= 0.3 is 5.96 Å². The van der Waals surface area contributed by atoms with Crippen LogP contribution in [0.5, 0.6) is 0 Å². The molecule has 2 N–H and O–H groups in total. The number of nitrogens with one attached hydrogen (secondary N) is 2. The molecule has 0 aliphatic carbocycles. The van der Waals surface area contributed by atoms with Crippen LogP contribution < -0.4 is 10.9 Å². The van der Waals surface area contributed by atoms with Crippen LogP contribution in [0.15, 0.2) is 34.5 Å². The lowest BCUT2D eigenvalue weighted by molar-refractivity contribution is -0.121. The first kappa shape index (κ1) is 14.2. The minimum absolute atomic E-state index is 0.0615. The zero-order valence-corrected chi connectivity index (χ0v) is 11.3. The Hall–Kier alpha value is -3.19. The average molecular weight is 280 g/mol. The number of hydrogen-bond donors (Lipinski definition) is 2. The lowest BCUT2D eigenvalue weighted by Crippen LogP contribution is -2.31. The highest BCUT2D eigenvalue weighted by atomic mass is 16.2. The maximum atomic E-state index is 11.2. The van der Waals surface area contributed by atoms with Gasteiger partial charge in [0.25, 0.3) is 0 Å². The molecule has 104 valence electrons. The molecule has 1 aliphatic rings. The smallest absolute Gasteiger partial charge is 0.273 e. The summed E-state index contributed by atoms with van der Waals surface area (Å²) in [6, 6.07) is 7.24. The highest BCUT2D eigenvalue weighted by molar-refractivity contribution is 6.05. The Bertz CT molecular complexity index is 674. The molecular formula is C14H12N6O. The highest BCUT2D eigenvalue weighted by Crippen LogP contribution is 2.18. The molecule has 7 heteroatoms. The summed E-state index contributed by atoms with van der Waals surface area (Å²) < 4.78 is 0. The molecule has 1 aliphatic heterocycles. The second kappa shape index (κ2) is 6.31. The molecule has 1 atom stereocenters. The van der Waals surface area contributed by atoms with E-state index in [-0.39, 0.29) is 17.8 Å². The minimum Gasteiger partial charge on any atom is -0.273 e. The van der Waals surface area contributed by atoms with Gasteiger partial charge in [0.1, 0.15) is 5.10 Å². The summed E-state index contributed by atoms with van der Waals surface area (Å²) in [5.74, 6) is -0.289. The maximum Gasteiger partial charge on any atom is 0.657 e. The van der Waals surface area contributed by atoms with Crippen LogP contribution in [0, 0.1) is 19.1 Å². The molecule has 0 saturated heterocycles. The van der Waals surface area contributed by atoms with E-state index in [0.29, 0.717) is 12.1 Å². The van der Waals surface area contributed by atoms with E-state index in [2.05, 4.69) is 30.7 Å². The van der Waals surface area contributed by atoms with Crippen molar-refractivity contribution in [2.75, 3.05) is 5.43 Å². The van der Waals surface area contributed by atoms with Gasteiger partial charge < -0.3 is 0 Å². The van der Waals surface area contributed by atoms with Crippen LogP contribution >= 0.6 is 0 Å². The third-order valence-electron chi connectivity index (χ3n) is 2.93. The van der Waals surface area contributed by atoms with Gasteiger partial charge in [-0.3, -0.25) is 4.79 Å². The van der Waals surface area contributed by atoms with Crippen LogP contribution in [0.3, 0.4) is 0 Å². The monoisotopic (exact) mass is 280 g/mol. The molecule has 1 aromatic rings. The Morgan fingerprint density at radius 2 is 2.05 bits per heavy atom. The van der Waals surface area contributed by atoms with Gasteiger partial charge in [0.05, 0.1) is 11.4 Å². The molecule has 1 unspecified atom stereocenters. The van der Waals surface area contributed by atoms with E-state index >= 15 is 0 Å². The second-order valence-corrected chi connectivity index (χ2v) is 4.46. The molecule has 1 aromatic carbocycles. The lowest BCUT2D eigenvalue weighted by atomic mass is 9.94. The number of hydrogen-bond acceptors (Lipinski definition) is 4. The Balaban J connectivity index is 2.13. The lowest BCUT2D eigenvalue weighted by Gasteiger charge is -2.19. The van der Waals surface area contributed by atoms with E-state index in [9.17, 15) is 4.79 Å². The minimum atomic E-state index is -0.271. The van der Waals surface area contributed by atoms with Crippen molar-refractivity contribution in [1.29, 1.82) is 0 Å². The van der Waals surface area contributed by atoms with Crippen molar-refractivity contribution in [3.05, 3.63) is 52.7 Å². The van der Waals surface area contributed by atoms with Gasteiger partial charge in [0, 0.05) is 12.3 Å². The molecule has 7 nitrogen and oxygen atoms in total. The van der Waals surface area contributed by atoms with Crippen LogP contribution in [-0.2, 0) is 4.79 Å². The van der Waals surface area contributed by atoms with Gasteiger partial charge in [0.2, 0.25) is 5.91 Å². The topological polar surface area (TPSA) is 74.6 Å². The number of amides is 1. The van der Waals surface area contributed by atoms with Crippen LogP contribution in [0.1, 0.15) is 18.9 Å². The summed E-state index contributed by atoms with van der Waals surface area (Å²) in [5.41, 5.74) is 7.52. The number of rotatable bonds is 3. The summed E-state index contributed by atoms with van der Waals surface area (Å²) >= 11 is 0. The fourth-order valence-electron chi connectivity index (χ4n) is 1.91. The van der Waals surface area contributed by atoms with E-state index in [1.807, 2.05) is 19.1 Å². The molecule has 0 bridgehead atoms. The highest BCUT2D eigenvalue weighted by Gasteiger charge is 2.21. The van der Waals surface area contributed by atoms with Crippen molar-refractivity contribution in [2.45, 2.75) is 13.3 Å². The third kappa shape index (κ3) is 3.43. The number of carbonyl (C=O) groups excluding carboxylic acids is 1. The van der Waals surface area contributed by atoms with Gasteiger partial charge in [-0.2, -0.15) is 10.5 Å². The van der Waals surface area contributed by atoms with Gasteiger partial charge in [-0.1, -0.05) is 19.1 Å². The van der Waals surface area contributed by atoms with E-state index in [0.717, 1.165) is 11.3 Å². The van der Waals surface area contributed by atoms with Crippen LogP contribution in [-0.4, -0.2) is 17.6 Å². The van der Waals surface area contributed by atoms with E-state index in [1.165, 1.54) is 0 Å². The predicted octanol–water partition coefficient (Wildman–Crippen LogP) is 2.07. The zero-order chi connectivity index (χ0) is 15.2. The number of anilines is 1. The van der Waals surface area contributed by atoms with Gasteiger partial charge in [0.15, 0.2) is 0 Å². The number of carbonyl (C=O) groups is 1. The molecule has 21 heavy (non-hydrogen) atoms. The molecule has 1 heterocycles. The molecule has 0 aromatic heterocycles. The van der Waals surface area contributed by atoms with Crippen LogP contribution in [0.2, 0.25) is 0 Å².